The molecule has 0 fully saturated rings. The van der Waals surface area contributed by atoms with Crippen LogP contribution in [0.3, 0.4) is 0 Å². The quantitative estimate of drug-likeness (QED) is 0.818. The maximum atomic E-state index is 4.54. The molecular weight excluding hydrogens is 260 g/mol. The normalized spacial score (nSPS) is 11.0. The van der Waals surface area contributed by atoms with E-state index >= 15 is 0 Å². The summed E-state index contributed by atoms with van der Waals surface area (Å²) in [7, 11) is 0. The van der Waals surface area contributed by atoms with Crippen molar-refractivity contribution < 1.29 is 0 Å². The van der Waals surface area contributed by atoms with Gasteiger partial charge in [0.15, 0.2) is 0 Å². The lowest BCUT2D eigenvalue weighted by atomic mass is 10.2. The molecule has 0 aliphatic carbocycles. The van der Waals surface area contributed by atoms with Crippen LogP contribution in [0, 0.1) is 6.92 Å². The molecule has 0 radical (unpaired) electrons. The number of nitrogens with one attached hydrogen (secondary N) is 2. The highest BCUT2D eigenvalue weighted by Gasteiger charge is 2.10. The average molecular weight is 278 g/mol. The Balaban J connectivity index is 2.27. The molecule has 0 aliphatic heterocycles. The van der Waals surface area contributed by atoms with Gasteiger partial charge in [-0.2, -0.15) is 0 Å². The molecule has 2 rings (SSSR count). The van der Waals surface area contributed by atoms with Crippen LogP contribution in [0.25, 0.3) is 0 Å². The monoisotopic (exact) mass is 278 g/mol. The zero-order chi connectivity index (χ0) is 13.8. The molecule has 6 nitrogen and oxygen atoms in total. The Morgan fingerprint density at radius 2 is 2.11 bits per heavy atom. The van der Waals surface area contributed by atoms with Gasteiger partial charge in [0.1, 0.15) is 22.5 Å². The van der Waals surface area contributed by atoms with Crippen molar-refractivity contribution in [2.45, 2.75) is 43.8 Å². The number of rotatable bonds is 5. The van der Waals surface area contributed by atoms with Gasteiger partial charge in [0, 0.05) is 18.5 Å². The van der Waals surface area contributed by atoms with E-state index in [-0.39, 0.29) is 5.92 Å². The summed E-state index contributed by atoms with van der Waals surface area (Å²) >= 11 is 1.44. The fourth-order valence-electron chi connectivity index (χ4n) is 1.49. The summed E-state index contributed by atoms with van der Waals surface area (Å²) in [5.41, 5.74) is 0. The first-order valence-corrected chi connectivity index (χ1v) is 7.09. The fourth-order valence-corrected chi connectivity index (χ4v) is 2.26. The van der Waals surface area contributed by atoms with Gasteiger partial charge in [0.2, 0.25) is 5.16 Å². The number of aromatic nitrogens is 5. The van der Waals surface area contributed by atoms with Gasteiger partial charge in [-0.1, -0.05) is 13.8 Å². The molecule has 2 aromatic rings. The predicted molar refractivity (Wildman–Crippen MR) is 75.5 cm³/mol. The van der Waals surface area contributed by atoms with Crippen LogP contribution in [0.2, 0.25) is 0 Å². The molecule has 0 bridgehead atoms. The summed E-state index contributed by atoms with van der Waals surface area (Å²) in [6.07, 6.45) is 0. The third-order valence-electron chi connectivity index (χ3n) is 2.37. The van der Waals surface area contributed by atoms with Crippen molar-refractivity contribution >= 4 is 17.6 Å². The molecule has 0 spiro atoms. The van der Waals surface area contributed by atoms with Gasteiger partial charge in [0.05, 0.1) is 0 Å². The topological polar surface area (TPSA) is 79.4 Å². The van der Waals surface area contributed by atoms with E-state index in [2.05, 4.69) is 44.3 Å². The Morgan fingerprint density at radius 1 is 1.32 bits per heavy atom. The number of nitrogens with zero attached hydrogens (tertiary/aromatic N) is 4. The smallest absolute Gasteiger partial charge is 0.214 e. The van der Waals surface area contributed by atoms with Gasteiger partial charge in [-0.3, -0.25) is 5.10 Å². The molecule has 7 heteroatoms. The number of aromatic amines is 1. The highest BCUT2D eigenvalue weighted by Crippen LogP contribution is 2.26. The van der Waals surface area contributed by atoms with Gasteiger partial charge >= 0.3 is 0 Å². The second kappa shape index (κ2) is 6.01. The van der Waals surface area contributed by atoms with E-state index < -0.39 is 0 Å². The second-order valence-electron chi connectivity index (χ2n) is 4.44. The second-order valence-corrected chi connectivity index (χ2v) is 5.43. The lowest BCUT2D eigenvalue weighted by Gasteiger charge is -2.09. The Hall–Kier alpha value is -1.63. The molecule has 19 heavy (non-hydrogen) atoms. The van der Waals surface area contributed by atoms with E-state index in [1.807, 2.05) is 19.9 Å². The minimum absolute atomic E-state index is 0.284. The largest absolute Gasteiger partial charge is 0.370 e. The van der Waals surface area contributed by atoms with Crippen molar-refractivity contribution in [3.8, 4) is 0 Å². The first-order chi connectivity index (χ1) is 9.08. The lowest BCUT2D eigenvalue weighted by molar-refractivity contribution is 0.753. The van der Waals surface area contributed by atoms with Crippen molar-refractivity contribution in [1.29, 1.82) is 0 Å². The van der Waals surface area contributed by atoms with Crippen molar-refractivity contribution in [2.75, 3.05) is 11.9 Å². The Labute approximate surface area is 116 Å². The molecule has 0 saturated carbocycles. The van der Waals surface area contributed by atoms with Crippen molar-refractivity contribution in [3.63, 3.8) is 0 Å². The molecular formula is C12H18N6S. The van der Waals surface area contributed by atoms with Crippen LogP contribution in [0.1, 0.15) is 38.3 Å². The zero-order valence-electron chi connectivity index (χ0n) is 11.6. The van der Waals surface area contributed by atoms with Crippen LogP contribution in [0.5, 0.6) is 0 Å². The molecule has 0 aromatic carbocycles. The highest BCUT2D eigenvalue weighted by atomic mass is 32.2. The van der Waals surface area contributed by atoms with Crippen LogP contribution in [-0.4, -0.2) is 31.7 Å². The third-order valence-corrected chi connectivity index (χ3v) is 3.15. The van der Waals surface area contributed by atoms with Crippen LogP contribution < -0.4 is 5.32 Å². The standard InChI is InChI=1S/C12H18N6S/c1-5-13-9-6-10(16-11(15-9)7(2)3)19-12-14-8(4)17-18-12/h6-7H,5H2,1-4H3,(H,13,15,16)(H,14,17,18). The number of H-pyrrole nitrogens is 1. The van der Waals surface area contributed by atoms with Crippen molar-refractivity contribution in [1.82, 2.24) is 25.1 Å². The highest BCUT2D eigenvalue weighted by molar-refractivity contribution is 7.99. The third kappa shape index (κ3) is 3.66. The van der Waals surface area contributed by atoms with Crippen LogP contribution in [0.4, 0.5) is 5.82 Å². The van der Waals surface area contributed by atoms with E-state index in [0.717, 1.165) is 29.0 Å². The molecule has 0 aliphatic rings. The molecule has 0 saturated heterocycles. The van der Waals surface area contributed by atoms with Crippen molar-refractivity contribution in [3.05, 3.63) is 17.7 Å². The molecule has 2 N–H and O–H groups in total. The summed E-state index contributed by atoms with van der Waals surface area (Å²) in [6, 6.07) is 1.92. The summed E-state index contributed by atoms with van der Waals surface area (Å²) < 4.78 is 0. The summed E-state index contributed by atoms with van der Waals surface area (Å²) in [6.45, 7) is 8.91. The summed E-state index contributed by atoms with van der Waals surface area (Å²) in [4.78, 5) is 13.3. The number of anilines is 1. The minimum Gasteiger partial charge on any atom is -0.370 e. The first-order valence-electron chi connectivity index (χ1n) is 6.28. The first kappa shape index (κ1) is 13.8. The molecule has 2 aromatic heterocycles. The maximum Gasteiger partial charge on any atom is 0.214 e. The van der Waals surface area contributed by atoms with E-state index in [4.69, 9.17) is 0 Å². The SMILES string of the molecule is CCNc1cc(Sc2n[nH]c(C)n2)nc(C(C)C)n1. The molecule has 2 heterocycles. The number of hydrogen-bond acceptors (Lipinski definition) is 6. The number of hydrogen-bond donors (Lipinski definition) is 2. The van der Waals surface area contributed by atoms with E-state index in [1.165, 1.54) is 11.8 Å². The van der Waals surface area contributed by atoms with Gasteiger partial charge in [-0.15, -0.1) is 5.10 Å². The molecule has 0 amide bonds. The maximum absolute atomic E-state index is 4.54. The van der Waals surface area contributed by atoms with Gasteiger partial charge in [0.25, 0.3) is 0 Å². The fraction of sp³-hybridized carbons (Fsp3) is 0.500. The number of aryl methyl sites for hydroxylation is 1. The average Bonchev–Trinajstić information content (AvgIpc) is 2.75. The Kier molecular flexibility index (Phi) is 4.36. The molecule has 102 valence electrons. The molecule has 0 atom stereocenters. The predicted octanol–water partition coefficient (Wildman–Crippen LogP) is 2.61. The Bertz CT molecular complexity index is 551. The van der Waals surface area contributed by atoms with Crippen molar-refractivity contribution in [2.24, 2.45) is 0 Å². The summed E-state index contributed by atoms with van der Waals surface area (Å²) in [5, 5.41) is 11.7. The Morgan fingerprint density at radius 3 is 2.68 bits per heavy atom. The van der Waals surface area contributed by atoms with E-state index in [1.54, 1.807) is 0 Å². The van der Waals surface area contributed by atoms with Crippen LogP contribution in [0.15, 0.2) is 16.2 Å². The van der Waals surface area contributed by atoms with E-state index in [9.17, 15) is 0 Å². The molecule has 0 unspecified atom stereocenters. The zero-order valence-corrected chi connectivity index (χ0v) is 12.4. The van der Waals surface area contributed by atoms with Crippen LogP contribution in [-0.2, 0) is 0 Å². The van der Waals surface area contributed by atoms with Gasteiger partial charge < -0.3 is 5.32 Å². The lowest BCUT2D eigenvalue weighted by Crippen LogP contribution is -2.05. The van der Waals surface area contributed by atoms with E-state index in [0.29, 0.717) is 5.16 Å². The van der Waals surface area contributed by atoms with Crippen LogP contribution >= 0.6 is 11.8 Å². The minimum atomic E-state index is 0.284. The van der Waals surface area contributed by atoms with Gasteiger partial charge in [-0.05, 0) is 25.6 Å². The van der Waals surface area contributed by atoms with Gasteiger partial charge in [-0.25, -0.2) is 15.0 Å². The summed E-state index contributed by atoms with van der Waals surface area (Å²) in [5.74, 6) is 2.75.